The van der Waals surface area contributed by atoms with E-state index in [1.807, 2.05) is 13.8 Å². The zero-order chi connectivity index (χ0) is 14.5. The van der Waals surface area contributed by atoms with E-state index < -0.39 is 5.54 Å². The van der Waals surface area contributed by atoms with Crippen LogP contribution in [0.4, 0.5) is 0 Å². The molecule has 0 aliphatic heterocycles. The summed E-state index contributed by atoms with van der Waals surface area (Å²) in [5.74, 6) is -0.134. The first kappa shape index (κ1) is 16.4. The predicted molar refractivity (Wildman–Crippen MR) is 78.2 cm³/mol. The zero-order valence-corrected chi connectivity index (χ0v) is 13.2. The average Bonchev–Trinajstić information content (AvgIpc) is 2.23. The fourth-order valence-electron chi connectivity index (χ4n) is 2.57. The molecule has 0 aromatic carbocycles. The largest absolute Gasteiger partial charge is 0.465 e. The van der Waals surface area contributed by atoms with Gasteiger partial charge in [-0.15, -0.1) is 0 Å². The van der Waals surface area contributed by atoms with Crippen LogP contribution in [-0.4, -0.2) is 48.7 Å². The molecule has 1 atom stereocenters. The van der Waals surface area contributed by atoms with Crippen LogP contribution in [0.1, 0.15) is 53.4 Å². The van der Waals surface area contributed by atoms with Crippen LogP contribution in [0, 0.1) is 0 Å². The molecule has 1 fully saturated rings. The number of carbonyl (C=O) groups is 1. The van der Waals surface area contributed by atoms with Crippen LogP contribution in [0.2, 0.25) is 0 Å². The van der Waals surface area contributed by atoms with Crippen molar-refractivity contribution in [2.75, 3.05) is 20.2 Å². The summed E-state index contributed by atoms with van der Waals surface area (Å²) in [7, 11) is 2.16. The summed E-state index contributed by atoms with van der Waals surface area (Å²) in [6.07, 6.45) is 4.72. The van der Waals surface area contributed by atoms with Gasteiger partial charge < -0.3 is 9.64 Å². The maximum atomic E-state index is 12.2. The third-order valence-corrected chi connectivity index (χ3v) is 4.00. The van der Waals surface area contributed by atoms with Crippen LogP contribution < -0.4 is 5.32 Å². The van der Waals surface area contributed by atoms with Gasteiger partial charge in [-0.25, -0.2) is 0 Å². The maximum Gasteiger partial charge on any atom is 0.326 e. The molecule has 0 spiro atoms. The molecule has 0 heterocycles. The number of nitrogens with one attached hydrogen (secondary N) is 1. The second-order valence-electron chi connectivity index (χ2n) is 6.17. The number of rotatable bonds is 8. The van der Waals surface area contributed by atoms with Crippen LogP contribution in [0.5, 0.6) is 0 Å². The fraction of sp³-hybridized carbons (Fsp3) is 0.933. The van der Waals surface area contributed by atoms with Crippen LogP contribution in [0.15, 0.2) is 0 Å². The number of ether oxygens (including phenoxy) is 1. The Labute approximate surface area is 117 Å². The van der Waals surface area contributed by atoms with Gasteiger partial charge in [0.1, 0.15) is 5.54 Å². The smallest absolute Gasteiger partial charge is 0.326 e. The minimum atomic E-state index is -0.581. The standard InChI is InChI=1S/C15H30N2O2/c1-6-19-14(18)15(4,16-12(2)3)10-11-17(5)13-8-7-9-13/h12-13,16H,6-11H2,1-5H3. The lowest BCUT2D eigenvalue weighted by Crippen LogP contribution is -2.55. The van der Waals surface area contributed by atoms with E-state index in [0.29, 0.717) is 12.6 Å². The summed E-state index contributed by atoms with van der Waals surface area (Å²) in [5.41, 5.74) is -0.581. The third-order valence-electron chi connectivity index (χ3n) is 4.00. The molecule has 112 valence electrons. The van der Waals surface area contributed by atoms with E-state index in [1.165, 1.54) is 19.3 Å². The second-order valence-corrected chi connectivity index (χ2v) is 6.17. The lowest BCUT2D eigenvalue weighted by atomic mass is 9.90. The van der Waals surface area contributed by atoms with Gasteiger partial charge in [0, 0.05) is 18.6 Å². The van der Waals surface area contributed by atoms with Gasteiger partial charge in [0.2, 0.25) is 0 Å². The highest BCUT2D eigenvalue weighted by Gasteiger charge is 2.35. The molecule has 1 saturated carbocycles. The quantitative estimate of drug-likeness (QED) is 0.686. The van der Waals surface area contributed by atoms with Crippen LogP contribution in [0.25, 0.3) is 0 Å². The molecule has 4 nitrogen and oxygen atoms in total. The second kappa shape index (κ2) is 7.25. The van der Waals surface area contributed by atoms with Crippen molar-refractivity contribution in [2.45, 2.75) is 71.0 Å². The Morgan fingerprint density at radius 2 is 2.11 bits per heavy atom. The summed E-state index contributed by atoms with van der Waals surface area (Å²) in [5, 5.41) is 3.37. The van der Waals surface area contributed by atoms with Gasteiger partial charge in [0.05, 0.1) is 6.61 Å². The molecule has 1 rings (SSSR count). The zero-order valence-electron chi connectivity index (χ0n) is 13.2. The SMILES string of the molecule is CCOC(=O)C(C)(CCN(C)C1CCC1)NC(C)C. The van der Waals surface area contributed by atoms with Crippen molar-refractivity contribution in [3.63, 3.8) is 0 Å². The normalized spacial score (nSPS) is 19.3. The molecule has 1 N–H and O–H groups in total. The molecule has 0 saturated heterocycles. The molecule has 0 radical (unpaired) electrons. The summed E-state index contributed by atoms with van der Waals surface area (Å²) in [6.45, 7) is 9.31. The van der Waals surface area contributed by atoms with Gasteiger partial charge in [-0.1, -0.05) is 6.42 Å². The van der Waals surface area contributed by atoms with E-state index in [1.54, 1.807) is 0 Å². The van der Waals surface area contributed by atoms with E-state index in [2.05, 4.69) is 31.1 Å². The Balaban J connectivity index is 2.54. The van der Waals surface area contributed by atoms with E-state index in [-0.39, 0.29) is 12.0 Å². The molecular weight excluding hydrogens is 240 g/mol. The molecule has 0 aromatic rings. The molecule has 1 aliphatic rings. The van der Waals surface area contributed by atoms with Crippen molar-refractivity contribution in [1.82, 2.24) is 10.2 Å². The van der Waals surface area contributed by atoms with Gasteiger partial charge in [-0.05, 0) is 54.0 Å². The summed E-state index contributed by atoms with van der Waals surface area (Å²) in [6, 6.07) is 0.980. The first-order chi connectivity index (χ1) is 8.89. The Kier molecular flexibility index (Phi) is 6.27. The Bertz CT molecular complexity index is 290. The first-order valence-corrected chi connectivity index (χ1v) is 7.54. The number of hydrogen-bond donors (Lipinski definition) is 1. The summed E-state index contributed by atoms with van der Waals surface area (Å²) in [4.78, 5) is 14.5. The van der Waals surface area contributed by atoms with Gasteiger partial charge in [-0.3, -0.25) is 10.1 Å². The van der Waals surface area contributed by atoms with Gasteiger partial charge in [0.25, 0.3) is 0 Å². The van der Waals surface area contributed by atoms with Gasteiger partial charge in [0.15, 0.2) is 0 Å². The van der Waals surface area contributed by atoms with Crippen molar-refractivity contribution >= 4 is 5.97 Å². The Morgan fingerprint density at radius 1 is 1.47 bits per heavy atom. The molecule has 0 amide bonds. The molecule has 1 unspecified atom stereocenters. The predicted octanol–water partition coefficient (Wildman–Crippen LogP) is 2.18. The van der Waals surface area contributed by atoms with Crippen LogP contribution in [0.3, 0.4) is 0 Å². The minimum absolute atomic E-state index is 0.134. The number of nitrogens with zero attached hydrogens (tertiary/aromatic N) is 1. The number of hydrogen-bond acceptors (Lipinski definition) is 4. The molecule has 19 heavy (non-hydrogen) atoms. The van der Waals surface area contributed by atoms with Crippen molar-refractivity contribution in [1.29, 1.82) is 0 Å². The number of carbonyl (C=O) groups excluding carboxylic acids is 1. The highest BCUT2D eigenvalue weighted by atomic mass is 16.5. The van der Waals surface area contributed by atoms with E-state index in [0.717, 1.165) is 13.0 Å². The lowest BCUT2D eigenvalue weighted by Gasteiger charge is -2.37. The maximum absolute atomic E-state index is 12.2. The molecule has 0 aromatic heterocycles. The minimum Gasteiger partial charge on any atom is -0.465 e. The van der Waals surface area contributed by atoms with Crippen LogP contribution >= 0.6 is 0 Å². The van der Waals surface area contributed by atoms with Crippen LogP contribution in [-0.2, 0) is 9.53 Å². The molecule has 4 heteroatoms. The Morgan fingerprint density at radius 3 is 2.53 bits per heavy atom. The van der Waals surface area contributed by atoms with Crippen molar-refractivity contribution in [3.05, 3.63) is 0 Å². The molecular formula is C15H30N2O2. The fourth-order valence-corrected chi connectivity index (χ4v) is 2.57. The lowest BCUT2D eigenvalue weighted by molar-refractivity contribution is -0.151. The van der Waals surface area contributed by atoms with E-state index >= 15 is 0 Å². The van der Waals surface area contributed by atoms with Gasteiger partial charge >= 0.3 is 5.97 Å². The van der Waals surface area contributed by atoms with E-state index in [9.17, 15) is 4.79 Å². The third kappa shape index (κ3) is 4.77. The molecule has 1 aliphatic carbocycles. The summed E-state index contributed by atoms with van der Waals surface area (Å²) < 4.78 is 5.22. The van der Waals surface area contributed by atoms with Gasteiger partial charge in [-0.2, -0.15) is 0 Å². The number of esters is 1. The van der Waals surface area contributed by atoms with E-state index in [4.69, 9.17) is 4.74 Å². The Hall–Kier alpha value is -0.610. The monoisotopic (exact) mass is 270 g/mol. The topological polar surface area (TPSA) is 41.6 Å². The highest BCUT2D eigenvalue weighted by molar-refractivity contribution is 5.80. The van der Waals surface area contributed by atoms with Crippen molar-refractivity contribution in [2.24, 2.45) is 0 Å². The van der Waals surface area contributed by atoms with Crippen molar-refractivity contribution in [3.8, 4) is 0 Å². The molecule has 0 bridgehead atoms. The first-order valence-electron chi connectivity index (χ1n) is 7.54. The highest BCUT2D eigenvalue weighted by Crippen LogP contribution is 2.24. The summed E-state index contributed by atoms with van der Waals surface area (Å²) >= 11 is 0. The average molecular weight is 270 g/mol. The van der Waals surface area contributed by atoms with Crippen molar-refractivity contribution < 1.29 is 9.53 Å².